The largest absolute Gasteiger partial charge is 0.342 e. The minimum absolute atomic E-state index is 0.0191. The summed E-state index contributed by atoms with van der Waals surface area (Å²) in [6, 6.07) is 11.3. The molecule has 0 unspecified atom stereocenters. The van der Waals surface area contributed by atoms with Crippen LogP contribution in [0.25, 0.3) is 0 Å². The van der Waals surface area contributed by atoms with E-state index in [1.165, 1.54) is 16.4 Å². The smallest absolute Gasteiger partial charge is 0.243 e. The highest BCUT2D eigenvalue weighted by Gasteiger charge is 2.30. The van der Waals surface area contributed by atoms with Gasteiger partial charge in [-0.3, -0.25) is 4.79 Å². The van der Waals surface area contributed by atoms with Gasteiger partial charge in [-0.05, 0) is 60.7 Å². The highest BCUT2D eigenvalue weighted by Crippen LogP contribution is 2.26. The third-order valence-electron chi connectivity index (χ3n) is 5.24. The third kappa shape index (κ3) is 5.77. The van der Waals surface area contributed by atoms with Crippen molar-refractivity contribution in [3.63, 3.8) is 0 Å². The highest BCUT2D eigenvalue weighted by molar-refractivity contribution is 9.10. The van der Waals surface area contributed by atoms with Crippen molar-refractivity contribution < 1.29 is 13.2 Å². The second kappa shape index (κ2) is 10.0. The van der Waals surface area contributed by atoms with Gasteiger partial charge >= 0.3 is 0 Å². The average molecular weight is 534 g/mol. The highest BCUT2D eigenvalue weighted by atomic mass is 79.9. The molecule has 162 valence electrons. The number of likely N-dealkylation sites (tertiary alicyclic amines) is 1. The Hall–Kier alpha value is -1.12. The molecule has 1 fully saturated rings. The number of benzene rings is 2. The molecule has 1 saturated heterocycles. The van der Waals surface area contributed by atoms with Crippen LogP contribution in [0.5, 0.6) is 0 Å². The normalized spacial score (nSPS) is 15.6. The van der Waals surface area contributed by atoms with Crippen molar-refractivity contribution in [2.75, 3.05) is 19.6 Å². The first kappa shape index (κ1) is 23.5. The molecule has 9 heteroatoms. The Balaban J connectivity index is 1.88. The van der Waals surface area contributed by atoms with Gasteiger partial charge < -0.3 is 4.90 Å². The molecule has 30 heavy (non-hydrogen) atoms. The summed E-state index contributed by atoms with van der Waals surface area (Å²) in [6.07, 6.45) is 1.86. The maximum Gasteiger partial charge on any atom is 0.243 e. The van der Waals surface area contributed by atoms with Gasteiger partial charge in [0.25, 0.3) is 0 Å². The van der Waals surface area contributed by atoms with Crippen LogP contribution in [-0.4, -0.2) is 43.2 Å². The first-order valence-electron chi connectivity index (χ1n) is 9.64. The number of hydrogen-bond donors (Lipinski definition) is 0. The molecular formula is C21H23BrCl2N2O3S. The van der Waals surface area contributed by atoms with Crippen LogP contribution >= 0.6 is 39.1 Å². The van der Waals surface area contributed by atoms with Gasteiger partial charge in [0, 0.05) is 24.1 Å². The number of piperidine rings is 1. The van der Waals surface area contributed by atoms with E-state index in [0.29, 0.717) is 34.6 Å². The summed E-state index contributed by atoms with van der Waals surface area (Å²) in [6.45, 7) is 3.26. The molecule has 0 aliphatic carbocycles. The Morgan fingerprint density at radius 1 is 1.10 bits per heavy atom. The van der Waals surface area contributed by atoms with Crippen molar-refractivity contribution in [1.82, 2.24) is 9.21 Å². The molecule has 2 aromatic rings. The van der Waals surface area contributed by atoms with E-state index < -0.39 is 10.0 Å². The van der Waals surface area contributed by atoms with Crippen molar-refractivity contribution in [3.05, 3.63) is 62.5 Å². The monoisotopic (exact) mass is 532 g/mol. The van der Waals surface area contributed by atoms with Crippen LogP contribution in [0, 0.1) is 5.92 Å². The fraction of sp³-hybridized carbons (Fsp3) is 0.381. The van der Waals surface area contributed by atoms with Crippen molar-refractivity contribution >= 4 is 55.1 Å². The van der Waals surface area contributed by atoms with E-state index in [0.717, 1.165) is 17.3 Å². The summed E-state index contributed by atoms with van der Waals surface area (Å²) in [4.78, 5) is 14.8. The van der Waals surface area contributed by atoms with Crippen LogP contribution < -0.4 is 0 Å². The molecule has 2 aromatic carbocycles. The van der Waals surface area contributed by atoms with Crippen molar-refractivity contribution in [2.24, 2.45) is 5.92 Å². The summed E-state index contributed by atoms with van der Waals surface area (Å²) in [5, 5.41) is 0.729. The van der Waals surface area contributed by atoms with E-state index >= 15 is 0 Å². The second-order valence-corrected chi connectivity index (χ2v) is 11.2. The zero-order valence-electron chi connectivity index (χ0n) is 16.5. The molecule has 5 nitrogen and oxygen atoms in total. The molecule has 0 bridgehead atoms. The van der Waals surface area contributed by atoms with Crippen LogP contribution in [0.1, 0.15) is 25.3 Å². The third-order valence-corrected chi connectivity index (χ3v) is 8.32. The first-order chi connectivity index (χ1) is 14.2. The summed E-state index contributed by atoms with van der Waals surface area (Å²) in [5.41, 5.74) is 0.658. The van der Waals surface area contributed by atoms with Crippen LogP contribution in [0.4, 0.5) is 0 Å². The van der Waals surface area contributed by atoms with E-state index in [1.54, 1.807) is 35.2 Å². The molecule has 0 aromatic heterocycles. The number of rotatable bonds is 6. The molecule has 0 N–H and O–H groups in total. The lowest BCUT2D eigenvalue weighted by Crippen LogP contribution is -2.45. The lowest BCUT2D eigenvalue weighted by Gasteiger charge is -2.32. The Morgan fingerprint density at radius 3 is 2.33 bits per heavy atom. The molecule has 0 radical (unpaired) electrons. The average Bonchev–Trinajstić information content (AvgIpc) is 2.71. The fourth-order valence-electron chi connectivity index (χ4n) is 3.33. The SMILES string of the molecule is CC1CCN(C(=O)CN(Cc2ccc(Cl)c(Cl)c2)S(=O)(=O)c2ccc(Br)cc2)CC1. The number of hydrogen-bond acceptors (Lipinski definition) is 3. The zero-order valence-corrected chi connectivity index (χ0v) is 20.4. The van der Waals surface area contributed by atoms with Crippen LogP contribution in [0.15, 0.2) is 51.8 Å². The van der Waals surface area contributed by atoms with Gasteiger partial charge in [-0.25, -0.2) is 8.42 Å². The number of carbonyl (C=O) groups is 1. The van der Waals surface area contributed by atoms with Crippen molar-refractivity contribution in [2.45, 2.75) is 31.2 Å². The standard InChI is InChI=1S/C21H23BrCl2N2O3S/c1-15-8-10-25(11-9-15)21(27)14-26(13-16-2-7-19(23)20(24)12-16)30(28,29)18-5-3-17(22)4-6-18/h2-7,12,15H,8-11,13-14H2,1H3. The van der Waals surface area contributed by atoms with E-state index in [4.69, 9.17) is 23.2 Å². The van der Waals surface area contributed by atoms with Crippen LogP contribution in [0.2, 0.25) is 10.0 Å². The Kier molecular flexibility index (Phi) is 7.85. The predicted octanol–water partition coefficient (Wildman–Crippen LogP) is 5.21. The van der Waals surface area contributed by atoms with Crippen molar-refractivity contribution in [1.29, 1.82) is 0 Å². The molecule has 1 amide bonds. The molecule has 0 saturated carbocycles. The summed E-state index contributed by atoms with van der Waals surface area (Å²) in [7, 11) is -3.89. The summed E-state index contributed by atoms with van der Waals surface area (Å²) >= 11 is 15.4. The molecule has 0 atom stereocenters. The van der Waals surface area contributed by atoms with Crippen molar-refractivity contribution in [3.8, 4) is 0 Å². The van der Waals surface area contributed by atoms with Gasteiger partial charge in [0.05, 0.1) is 21.5 Å². The van der Waals surface area contributed by atoms with E-state index in [9.17, 15) is 13.2 Å². The molecule has 1 aliphatic rings. The van der Waals surface area contributed by atoms with Gasteiger partial charge in [-0.2, -0.15) is 4.31 Å². The van der Waals surface area contributed by atoms with E-state index in [1.807, 2.05) is 0 Å². The topological polar surface area (TPSA) is 57.7 Å². The van der Waals surface area contributed by atoms with E-state index in [-0.39, 0.29) is 23.9 Å². The lowest BCUT2D eigenvalue weighted by atomic mass is 9.99. The van der Waals surface area contributed by atoms with Gasteiger partial charge in [-0.1, -0.05) is 52.1 Å². The summed E-state index contributed by atoms with van der Waals surface area (Å²) in [5.74, 6) is 0.385. The number of halogens is 3. The second-order valence-electron chi connectivity index (χ2n) is 7.54. The minimum Gasteiger partial charge on any atom is -0.342 e. The number of carbonyl (C=O) groups excluding carboxylic acids is 1. The van der Waals surface area contributed by atoms with Crippen LogP contribution in [-0.2, 0) is 21.4 Å². The maximum atomic E-state index is 13.4. The predicted molar refractivity (Wildman–Crippen MR) is 123 cm³/mol. The minimum atomic E-state index is -3.89. The maximum absolute atomic E-state index is 13.4. The van der Waals surface area contributed by atoms with Gasteiger partial charge in [0.15, 0.2) is 0 Å². The molecule has 1 heterocycles. The van der Waals surface area contributed by atoms with Crippen LogP contribution in [0.3, 0.4) is 0 Å². The summed E-state index contributed by atoms with van der Waals surface area (Å²) < 4.78 is 28.7. The quantitative estimate of drug-likeness (QED) is 0.512. The first-order valence-corrected chi connectivity index (χ1v) is 12.6. The molecular weight excluding hydrogens is 511 g/mol. The van der Waals surface area contributed by atoms with E-state index in [2.05, 4.69) is 22.9 Å². The van der Waals surface area contributed by atoms with Gasteiger partial charge in [0.1, 0.15) is 0 Å². The Morgan fingerprint density at radius 2 is 1.73 bits per heavy atom. The Bertz CT molecular complexity index is 1010. The molecule has 0 spiro atoms. The number of nitrogens with zero attached hydrogens (tertiary/aromatic N) is 2. The van der Waals surface area contributed by atoms with Gasteiger partial charge in [0.2, 0.25) is 15.9 Å². The molecule has 1 aliphatic heterocycles. The zero-order chi connectivity index (χ0) is 21.9. The number of sulfonamides is 1. The Labute approximate surface area is 196 Å². The molecule has 3 rings (SSSR count). The van der Waals surface area contributed by atoms with Gasteiger partial charge in [-0.15, -0.1) is 0 Å². The fourth-order valence-corrected chi connectivity index (χ4v) is 5.29. The number of amides is 1. The lowest BCUT2D eigenvalue weighted by molar-refractivity contribution is -0.132.